The van der Waals surface area contributed by atoms with Gasteiger partial charge in [-0.3, -0.25) is 0 Å². The molecule has 0 spiro atoms. The van der Waals surface area contributed by atoms with Crippen molar-refractivity contribution >= 4 is 16.0 Å². The van der Waals surface area contributed by atoms with Gasteiger partial charge in [0, 0.05) is 12.2 Å². The molecule has 18 heavy (non-hydrogen) atoms. The predicted octanol–water partition coefficient (Wildman–Crippen LogP) is 0.00810. The number of H-pyrrole nitrogens is 1. The zero-order chi connectivity index (χ0) is 13.9. The summed E-state index contributed by atoms with van der Waals surface area (Å²) < 4.78 is 26.1. The maximum atomic E-state index is 11.9. The van der Waals surface area contributed by atoms with Crippen molar-refractivity contribution in [3.05, 3.63) is 18.0 Å². The molecule has 0 saturated carbocycles. The molecule has 7 nitrogen and oxygen atoms in total. The minimum absolute atomic E-state index is 0.0809. The molecule has 0 amide bonds. The molecule has 0 bridgehead atoms. The van der Waals surface area contributed by atoms with Crippen molar-refractivity contribution in [1.29, 1.82) is 0 Å². The van der Waals surface area contributed by atoms with Gasteiger partial charge in [-0.05, 0) is 12.0 Å². The Morgan fingerprint density at radius 3 is 2.50 bits per heavy atom. The Labute approximate surface area is 105 Å². The van der Waals surface area contributed by atoms with Gasteiger partial charge in [-0.2, -0.15) is 0 Å². The summed E-state index contributed by atoms with van der Waals surface area (Å²) in [6, 6.07) is 0.414. The Morgan fingerprint density at radius 1 is 1.50 bits per heavy atom. The number of aromatic nitrogens is 1. The first-order valence-corrected chi connectivity index (χ1v) is 6.81. The van der Waals surface area contributed by atoms with Crippen LogP contribution in [0.25, 0.3) is 0 Å². The fourth-order valence-corrected chi connectivity index (χ4v) is 2.67. The Bertz CT molecular complexity index is 520. The van der Waals surface area contributed by atoms with E-state index in [0.717, 1.165) is 12.3 Å². The van der Waals surface area contributed by atoms with E-state index in [-0.39, 0.29) is 23.1 Å². The first-order chi connectivity index (χ1) is 8.27. The molecule has 0 saturated heterocycles. The molecular weight excluding hydrogens is 260 g/mol. The van der Waals surface area contributed by atoms with Gasteiger partial charge < -0.3 is 15.2 Å². The van der Waals surface area contributed by atoms with Crippen LogP contribution in [0.2, 0.25) is 0 Å². The molecule has 0 fully saturated rings. The normalized spacial score (nSPS) is 13.8. The molecule has 0 radical (unpaired) electrons. The summed E-state index contributed by atoms with van der Waals surface area (Å²) in [7, 11) is -3.83. The van der Waals surface area contributed by atoms with Crippen molar-refractivity contribution in [2.45, 2.75) is 24.8 Å². The second-order valence-electron chi connectivity index (χ2n) is 4.21. The average Bonchev–Trinajstić information content (AvgIpc) is 2.75. The van der Waals surface area contributed by atoms with E-state index in [1.54, 1.807) is 13.8 Å². The predicted molar refractivity (Wildman–Crippen MR) is 63.8 cm³/mol. The van der Waals surface area contributed by atoms with E-state index in [9.17, 15) is 13.2 Å². The van der Waals surface area contributed by atoms with E-state index in [1.807, 2.05) is 0 Å². The highest BCUT2D eigenvalue weighted by atomic mass is 32.2. The van der Waals surface area contributed by atoms with Gasteiger partial charge in [0.1, 0.15) is 10.6 Å². The van der Waals surface area contributed by atoms with Crippen LogP contribution in [0.1, 0.15) is 24.3 Å². The Hall–Kier alpha value is -1.38. The van der Waals surface area contributed by atoms with Crippen molar-refractivity contribution in [2.75, 3.05) is 6.61 Å². The molecule has 0 unspecified atom stereocenters. The zero-order valence-corrected chi connectivity index (χ0v) is 10.9. The van der Waals surface area contributed by atoms with E-state index in [4.69, 9.17) is 10.2 Å². The molecule has 1 heterocycles. The lowest BCUT2D eigenvalue weighted by atomic mass is 10.1. The standard InChI is InChI=1S/C10H16N2O5S/c1-6(2)9(5-13)12-18(16,17)7-3-8(10(14)15)11-4-7/h3-4,6,9,11-13H,5H2,1-2H3,(H,14,15)/t9-/m1/s1. The first kappa shape index (κ1) is 14.7. The van der Waals surface area contributed by atoms with Crippen LogP contribution >= 0.6 is 0 Å². The number of aliphatic hydroxyl groups excluding tert-OH is 1. The fourth-order valence-electron chi connectivity index (χ4n) is 1.30. The van der Waals surface area contributed by atoms with Crippen molar-refractivity contribution < 1.29 is 23.4 Å². The largest absolute Gasteiger partial charge is 0.477 e. The summed E-state index contributed by atoms with van der Waals surface area (Å²) in [6.45, 7) is 3.21. The Morgan fingerprint density at radius 2 is 2.11 bits per heavy atom. The highest BCUT2D eigenvalue weighted by molar-refractivity contribution is 7.89. The van der Waals surface area contributed by atoms with Crippen molar-refractivity contribution in [2.24, 2.45) is 5.92 Å². The van der Waals surface area contributed by atoms with E-state index >= 15 is 0 Å². The monoisotopic (exact) mass is 276 g/mol. The number of rotatable bonds is 6. The van der Waals surface area contributed by atoms with Crippen LogP contribution < -0.4 is 4.72 Å². The van der Waals surface area contributed by atoms with Gasteiger partial charge in [0.15, 0.2) is 0 Å². The van der Waals surface area contributed by atoms with Gasteiger partial charge in [-0.15, -0.1) is 0 Å². The number of carbonyl (C=O) groups is 1. The molecule has 1 aromatic heterocycles. The van der Waals surface area contributed by atoms with E-state index < -0.39 is 22.0 Å². The maximum Gasteiger partial charge on any atom is 0.352 e. The molecular formula is C10H16N2O5S. The van der Waals surface area contributed by atoms with E-state index in [2.05, 4.69) is 9.71 Å². The van der Waals surface area contributed by atoms with Crippen molar-refractivity contribution in [1.82, 2.24) is 9.71 Å². The molecule has 0 aliphatic heterocycles. The topological polar surface area (TPSA) is 119 Å². The van der Waals surface area contributed by atoms with Crippen LogP contribution in [0.4, 0.5) is 0 Å². The van der Waals surface area contributed by atoms with Crippen LogP contribution in [0.15, 0.2) is 17.2 Å². The minimum Gasteiger partial charge on any atom is -0.477 e. The van der Waals surface area contributed by atoms with Gasteiger partial charge in [0.25, 0.3) is 0 Å². The van der Waals surface area contributed by atoms with Gasteiger partial charge in [0.2, 0.25) is 10.0 Å². The van der Waals surface area contributed by atoms with Crippen molar-refractivity contribution in [3.63, 3.8) is 0 Å². The van der Waals surface area contributed by atoms with Crippen LogP contribution in [-0.4, -0.2) is 42.2 Å². The van der Waals surface area contributed by atoms with E-state index in [0.29, 0.717) is 0 Å². The summed E-state index contributed by atoms with van der Waals surface area (Å²) >= 11 is 0. The fraction of sp³-hybridized carbons (Fsp3) is 0.500. The lowest BCUT2D eigenvalue weighted by Gasteiger charge is -2.19. The van der Waals surface area contributed by atoms with Gasteiger partial charge >= 0.3 is 5.97 Å². The summed E-state index contributed by atoms with van der Waals surface area (Å²) in [6.07, 6.45) is 1.10. The SMILES string of the molecule is CC(C)[C@@H](CO)NS(=O)(=O)c1c[nH]c(C(=O)O)c1. The van der Waals surface area contributed by atoms with Gasteiger partial charge in [-0.1, -0.05) is 13.8 Å². The molecule has 102 valence electrons. The minimum atomic E-state index is -3.83. The van der Waals surface area contributed by atoms with Crippen LogP contribution in [0, 0.1) is 5.92 Å². The third-order valence-corrected chi connectivity index (χ3v) is 3.97. The highest BCUT2D eigenvalue weighted by Gasteiger charge is 2.23. The number of hydrogen-bond acceptors (Lipinski definition) is 4. The summed E-state index contributed by atoms with van der Waals surface area (Å²) in [5.41, 5.74) is -0.208. The number of sulfonamides is 1. The molecule has 4 N–H and O–H groups in total. The number of hydrogen-bond donors (Lipinski definition) is 4. The second kappa shape index (κ2) is 5.51. The number of carboxylic acids is 1. The molecule has 1 aromatic rings. The van der Waals surface area contributed by atoms with Gasteiger partial charge in [-0.25, -0.2) is 17.9 Å². The average molecular weight is 276 g/mol. The number of nitrogens with one attached hydrogen (secondary N) is 2. The van der Waals surface area contributed by atoms with Gasteiger partial charge in [0.05, 0.1) is 6.61 Å². The number of aromatic amines is 1. The summed E-state index contributed by atoms with van der Waals surface area (Å²) in [5, 5.41) is 17.8. The number of carboxylic acid groups (broad SMARTS) is 1. The highest BCUT2D eigenvalue weighted by Crippen LogP contribution is 2.13. The third kappa shape index (κ3) is 3.31. The molecule has 1 rings (SSSR count). The molecule has 0 aliphatic carbocycles. The first-order valence-electron chi connectivity index (χ1n) is 5.33. The Balaban J connectivity index is 2.95. The zero-order valence-electron chi connectivity index (χ0n) is 10.0. The van der Waals surface area contributed by atoms with Crippen LogP contribution in [0.5, 0.6) is 0 Å². The lowest BCUT2D eigenvalue weighted by molar-refractivity contribution is 0.0691. The van der Waals surface area contributed by atoms with Crippen LogP contribution in [-0.2, 0) is 10.0 Å². The molecule has 0 aliphatic rings. The van der Waals surface area contributed by atoms with Crippen molar-refractivity contribution in [3.8, 4) is 0 Å². The van der Waals surface area contributed by atoms with Crippen LogP contribution in [0.3, 0.4) is 0 Å². The maximum absolute atomic E-state index is 11.9. The number of aliphatic hydroxyl groups is 1. The lowest BCUT2D eigenvalue weighted by Crippen LogP contribution is -2.40. The Kier molecular flexibility index (Phi) is 4.49. The molecule has 0 aromatic carbocycles. The summed E-state index contributed by atoms with van der Waals surface area (Å²) in [5.74, 6) is -1.32. The molecule has 8 heteroatoms. The summed E-state index contributed by atoms with van der Waals surface area (Å²) in [4.78, 5) is 12.8. The molecule has 1 atom stereocenters. The smallest absolute Gasteiger partial charge is 0.352 e. The second-order valence-corrected chi connectivity index (χ2v) is 5.92. The number of aromatic carboxylic acids is 1. The van der Waals surface area contributed by atoms with E-state index in [1.165, 1.54) is 0 Å². The quantitative estimate of drug-likeness (QED) is 0.583. The third-order valence-electron chi connectivity index (χ3n) is 2.51.